The lowest BCUT2D eigenvalue weighted by atomic mass is 10.0. The van der Waals surface area contributed by atoms with Gasteiger partial charge in [-0.1, -0.05) is 28.9 Å². The summed E-state index contributed by atoms with van der Waals surface area (Å²) in [6, 6.07) is 3.96. The highest BCUT2D eigenvalue weighted by atomic mass is 79.9. The molecule has 0 saturated heterocycles. The molecular weight excluding hydrogens is 238 g/mol. The molecule has 0 aliphatic carbocycles. The van der Waals surface area contributed by atoms with Gasteiger partial charge in [-0.15, -0.1) is 0 Å². The van der Waals surface area contributed by atoms with Crippen molar-refractivity contribution >= 4 is 15.9 Å². The molecule has 0 amide bonds. The highest BCUT2D eigenvalue weighted by Gasteiger charge is 2.11. The van der Waals surface area contributed by atoms with Crippen LogP contribution in [-0.4, -0.2) is 5.33 Å². The summed E-state index contributed by atoms with van der Waals surface area (Å²) in [6.07, 6.45) is 0.434. The minimum Gasteiger partial charge on any atom is -0.207 e. The number of benzene rings is 1. The fraction of sp³-hybridized carbons (Fsp3) is 0.400. The third-order valence-corrected chi connectivity index (χ3v) is 2.98. The largest absolute Gasteiger partial charge is 0.207 e. The summed E-state index contributed by atoms with van der Waals surface area (Å²) in [6.45, 7) is 1.95. The van der Waals surface area contributed by atoms with E-state index in [4.69, 9.17) is 0 Å². The van der Waals surface area contributed by atoms with Gasteiger partial charge in [0.2, 0.25) is 0 Å². The molecule has 0 saturated carbocycles. The van der Waals surface area contributed by atoms with Crippen LogP contribution in [0.25, 0.3) is 0 Å². The summed E-state index contributed by atoms with van der Waals surface area (Å²) >= 11 is 3.28. The molecule has 0 radical (unpaired) electrons. The lowest BCUT2D eigenvalue weighted by Gasteiger charge is -2.08. The predicted octanol–water partition coefficient (Wildman–Crippen LogP) is 3.54. The second-order valence-corrected chi connectivity index (χ2v) is 3.81. The Labute approximate surface area is 85.1 Å². The van der Waals surface area contributed by atoms with Gasteiger partial charge in [-0.05, 0) is 24.5 Å². The average Bonchev–Trinajstić information content (AvgIpc) is 2.11. The molecule has 1 atom stereocenters. The molecule has 0 aromatic heterocycles. The first-order valence-electron chi connectivity index (χ1n) is 4.14. The van der Waals surface area contributed by atoms with Crippen LogP contribution in [0.3, 0.4) is 0 Å². The van der Waals surface area contributed by atoms with Gasteiger partial charge in [-0.2, -0.15) is 0 Å². The molecule has 0 heterocycles. The molecule has 0 aliphatic rings. The lowest BCUT2D eigenvalue weighted by Crippen LogP contribution is -2.05. The molecule has 1 rings (SSSR count). The molecule has 1 unspecified atom stereocenters. The van der Waals surface area contributed by atoms with Crippen molar-refractivity contribution in [3.05, 3.63) is 35.4 Å². The topological polar surface area (TPSA) is 0 Å². The van der Waals surface area contributed by atoms with Crippen LogP contribution in [0, 0.1) is 17.6 Å². The molecule has 3 heteroatoms. The molecule has 0 N–H and O–H groups in total. The molecule has 1 aromatic rings. The normalized spacial score (nSPS) is 12.9. The fourth-order valence-corrected chi connectivity index (χ4v) is 1.36. The zero-order chi connectivity index (χ0) is 9.84. The molecule has 13 heavy (non-hydrogen) atoms. The van der Waals surface area contributed by atoms with Crippen LogP contribution in [0.15, 0.2) is 18.2 Å². The van der Waals surface area contributed by atoms with E-state index in [0.29, 0.717) is 6.42 Å². The first-order chi connectivity index (χ1) is 6.15. The Morgan fingerprint density at radius 1 is 1.31 bits per heavy atom. The van der Waals surface area contributed by atoms with Crippen molar-refractivity contribution in [2.24, 2.45) is 5.92 Å². The third kappa shape index (κ3) is 2.76. The second kappa shape index (κ2) is 4.70. The SMILES string of the molecule is CC(CBr)Cc1c(F)cccc1F. The van der Waals surface area contributed by atoms with E-state index in [1.165, 1.54) is 18.2 Å². The van der Waals surface area contributed by atoms with Gasteiger partial charge in [-0.25, -0.2) is 8.78 Å². The molecule has 1 aromatic carbocycles. The molecule has 0 nitrogen and oxygen atoms in total. The quantitative estimate of drug-likeness (QED) is 0.719. The molecule has 72 valence electrons. The second-order valence-electron chi connectivity index (χ2n) is 3.16. The van der Waals surface area contributed by atoms with Gasteiger partial charge in [0.1, 0.15) is 11.6 Å². The lowest BCUT2D eigenvalue weighted by molar-refractivity contribution is 0.528. The van der Waals surface area contributed by atoms with E-state index >= 15 is 0 Å². The van der Waals surface area contributed by atoms with Crippen molar-refractivity contribution in [3.8, 4) is 0 Å². The van der Waals surface area contributed by atoms with Gasteiger partial charge in [0.15, 0.2) is 0 Å². The minimum absolute atomic E-state index is 0.189. The summed E-state index contributed by atoms with van der Waals surface area (Å²) in [4.78, 5) is 0. The minimum atomic E-state index is -0.451. The zero-order valence-corrected chi connectivity index (χ0v) is 8.94. The Morgan fingerprint density at radius 3 is 2.31 bits per heavy atom. The van der Waals surface area contributed by atoms with E-state index in [2.05, 4.69) is 15.9 Å². The predicted molar refractivity (Wildman–Crippen MR) is 53.0 cm³/mol. The maximum absolute atomic E-state index is 13.1. The van der Waals surface area contributed by atoms with Crippen molar-refractivity contribution in [1.29, 1.82) is 0 Å². The monoisotopic (exact) mass is 248 g/mol. The van der Waals surface area contributed by atoms with E-state index < -0.39 is 11.6 Å². The number of hydrogen-bond donors (Lipinski definition) is 0. The molecule has 0 bridgehead atoms. The van der Waals surface area contributed by atoms with Crippen molar-refractivity contribution in [2.75, 3.05) is 5.33 Å². The summed E-state index contributed by atoms with van der Waals surface area (Å²) in [7, 11) is 0. The van der Waals surface area contributed by atoms with Gasteiger partial charge in [0, 0.05) is 10.9 Å². The Balaban J connectivity index is 2.87. The van der Waals surface area contributed by atoms with Gasteiger partial charge >= 0.3 is 0 Å². The first kappa shape index (κ1) is 10.6. The van der Waals surface area contributed by atoms with Crippen LogP contribution in [0.1, 0.15) is 12.5 Å². The van der Waals surface area contributed by atoms with Crippen molar-refractivity contribution in [1.82, 2.24) is 0 Å². The van der Waals surface area contributed by atoms with Crippen LogP contribution < -0.4 is 0 Å². The van der Waals surface area contributed by atoms with E-state index in [-0.39, 0.29) is 11.5 Å². The van der Waals surface area contributed by atoms with E-state index in [1.54, 1.807) is 0 Å². The standard InChI is InChI=1S/C10H11BrF2/c1-7(6-11)5-8-9(12)3-2-4-10(8)13/h2-4,7H,5-6H2,1H3. The average molecular weight is 249 g/mol. The summed E-state index contributed by atoms with van der Waals surface area (Å²) < 4.78 is 26.2. The van der Waals surface area contributed by atoms with Crippen LogP contribution >= 0.6 is 15.9 Å². The van der Waals surface area contributed by atoms with Crippen molar-refractivity contribution in [2.45, 2.75) is 13.3 Å². The van der Waals surface area contributed by atoms with Crippen LogP contribution in [0.4, 0.5) is 8.78 Å². The zero-order valence-electron chi connectivity index (χ0n) is 7.36. The van der Waals surface area contributed by atoms with E-state index in [9.17, 15) is 8.78 Å². The number of rotatable bonds is 3. The Hall–Kier alpha value is -0.440. The Bertz CT molecular complexity index is 266. The number of hydrogen-bond acceptors (Lipinski definition) is 0. The highest BCUT2D eigenvalue weighted by molar-refractivity contribution is 9.09. The first-order valence-corrected chi connectivity index (χ1v) is 5.26. The van der Waals surface area contributed by atoms with Gasteiger partial charge < -0.3 is 0 Å². The van der Waals surface area contributed by atoms with Crippen LogP contribution in [-0.2, 0) is 6.42 Å². The molecule has 0 spiro atoms. The molecule has 0 fully saturated rings. The fourth-order valence-electron chi connectivity index (χ4n) is 1.13. The summed E-state index contributed by atoms with van der Waals surface area (Å²) in [5, 5.41) is 0.751. The maximum Gasteiger partial charge on any atom is 0.129 e. The van der Waals surface area contributed by atoms with Crippen LogP contribution in [0.2, 0.25) is 0 Å². The highest BCUT2D eigenvalue weighted by Crippen LogP contribution is 2.17. The van der Waals surface area contributed by atoms with Crippen LogP contribution in [0.5, 0.6) is 0 Å². The van der Waals surface area contributed by atoms with Crippen molar-refractivity contribution in [3.63, 3.8) is 0 Å². The van der Waals surface area contributed by atoms with Crippen molar-refractivity contribution < 1.29 is 8.78 Å². The van der Waals surface area contributed by atoms with Gasteiger partial charge in [0.05, 0.1) is 0 Å². The van der Waals surface area contributed by atoms with Gasteiger partial charge in [0.25, 0.3) is 0 Å². The summed E-state index contributed by atoms with van der Waals surface area (Å²) in [5.41, 5.74) is 0.189. The third-order valence-electron chi connectivity index (χ3n) is 1.88. The Morgan fingerprint density at radius 2 is 1.85 bits per heavy atom. The molecule has 0 aliphatic heterocycles. The molecular formula is C10H11BrF2. The van der Waals surface area contributed by atoms with E-state index in [1.807, 2.05) is 6.92 Å². The number of halogens is 3. The Kier molecular flexibility index (Phi) is 3.85. The van der Waals surface area contributed by atoms with E-state index in [0.717, 1.165) is 5.33 Å². The van der Waals surface area contributed by atoms with Gasteiger partial charge in [-0.3, -0.25) is 0 Å². The smallest absolute Gasteiger partial charge is 0.129 e. The summed E-state index contributed by atoms with van der Waals surface area (Å²) in [5.74, 6) is -0.660. The maximum atomic E-state index is 13.1. The number of alkyl halides is 1.